The maximum atomic E-state index is 17.0. The lowest BCUT2D eigenvalue weighted by molar-refractivity contribution is -0.292. The second-order valence-electron chi connectivity index (χ2n) is 17.1. The second-order valence-corrected chi connectivity index (χ2v) is 21.8. The first-order valence-electron chi connectivity index (χ1n) is 20.1. The molecule has 316 valence electrons. The summed E-state index contributed by atoms with van der Waals surface area (Å²) in [6.07, 6.45) is -3.64. The number of methoxy groups -OCH3 is 1. The summed E-state index contributed by atoms with van der Waals surface area (Å²) in [5.41, 5.74) is -6.23. The third-order valence-corrected chi connectivity index (χ3v) is 17.9. The topological polar surface area (TPSA) is 159 Å². The molecular weight excluding hydrogens is 732 g/mol. The van der Waals surface area contributed by atoms with E-state index in [1.54, 1.807) is 27.7 Å². The zero-order valence-corrected chi connectivity index (χ0v) is 36.9. The third-order valence-electron chi connectivity index (χ3n) is 13.3. The average Bonchev–Trinajstić information content (AvgIpc) is 3.42. The number of esters is 2. The minimum Gasteiger partial charge on any atom is -0.455 e. The Kier molecular flexibility index (Phi) is 15.5. The van der Waals surface area contributed by atoms with Crippen molar-refractivity contribution in [1.29, 1.82) is 0 Å². The van der Waals surface area contributed by atoms with E-state index in [1.807, 2.05) is 21.0 Å². The van der Waals surface area contributed by atoms with Crippen LogP contribution in [0.3, 0.4) is 0 Å². The van der Waals surface area contributed by atoms with Gasteiger partial charge in [0.2, 0.25) is 0 Å². The largest absolute Gasteiger partial charge is 0.455 e. The van der Waals surface area contributed by atoms with E-state index in [4.69, 9.17) is 28.1 Å². The molecule has 0 aromatic carbocycles. The summed E-state index contributed by atoms with van der Waals surface area (Å²) in [6, 6.07) is 2.48. The molecule has 13 nitrogen and oxygen atoms in total. The lowest BCUT2D eigenvalue weighted by atomic mass is 9.66. The Bertz CT molecular complexity index is 1420. The lowest BCUT2D eigenvalue weighted by Crippen LogP contribution is -2.62. The van der Waals surface area contributed by atoms with E-state index in [2.05, 4.69) is 30.8 Å². The predicted molar refractivity (Wildman–Crippen MR) is 207 cm³/mol. The van der Waals surface area contributed by atoms with E-state index in [0.717, 1.165) is 25.1 Å². The van der Waals surface area contributed by atoms with Crippen LogP contribution in [-0.2, 0) is 47.3 Å². The fourth-order valence-electron chi connectivity index (χ4n) is 9.53. The van der Waals surface area contributed by atoms with Crippen LogP contribution in [0.5, 0.6) is 0 Å². The van der Waals surface area contributed by atoms with Gasteiger partial charge in [0.15, 0.2) is 26.0 Å². The van der Waals surface area contributed by atoms with E-state index >= 15 is 4.39 Å². The van der Waals surface area contributed by atoms with Crippen LogP contribution in [0.2, 0.25) is 18.1 Å². The van der Waals surface area contributed by atoms with Crippen molar-refractivity contribution in [2.24, 2.45) is 34.7 Å². The van der Waals surface area contributed by atoms with Crippen molar-refractivity contribution in [1.82, 2.24) is 4.90 Å². The molecule has 3 heterocycles. The summed E-state index contributed by atoms with van der Waals surface area (Å²) >= 11 is 0. The van der Waals surface area contributed by atoms with Crippen molar-refractivity contribution in [3.63, 3.8) is 0 Å². The van der Waals surface area contributed by atoms with Gasteiger partial charge in [0.25, 0.3) is 5.67 Å². The number of carbonyl (C=O) groups is 4. The van der Waals surface area contributed by atoms with Gasteiger partial charge in [-0.1, -0.05) is 53.6 Å². The maximum absolute atomic E-state index is 17.0. The van der Waals surface area contributed by atoms with E-state index in [9.17, 15) is 24.4 Å². The Balaban J connectivity index is 2.26. The van der Waals surface area contributed by atoms with Crippen LogP contribution in [0.1, 0.15) is 102 Å². The van der Waals surface area contributed by atoms with Crippen molar-refractivity contribution in [2.75, 3.05) is 21.2 Å². The molecule has 3 rings (SSSR count). The first-order chi connectivity index (χ1) is 25.5. The molecule has 14 atom stereocenters. The highest BCUT2D eigenvalue weighted by atomic mass is 28.4. The molecule has 0 aromatic rings. The smallest absolute Gasteiger partial charge is 0.351 e. The Morgan fingerprint density at radius 1 is 1.00 bits per heavy atom. The van der Waals surface area contributed by atoms with Gasteiger partial charge >= 0.3 is 11.9 Å². The molecule has 55 heavy (non-hydrogen) atoms. The number of oxime groups is 1. The van der Waals surface area contributed by atoms with Crippen molar-refractivity contribution in [2.45, 2.75) is 174 Å². The zero-order chi connectivity index (χ0) is 42.0. The molecule has 1 N–H and O–H groups in total. The molecule has 3 saturated heterocycles. The first kappa shape index (κ1) is 47.1. The summed E-state index contributed by atoms with van der Waals surface area (Å²) in [6.45, 7) is 20.4. The standard InChI is InChI=1S/C40H69FN2O11Si/c1-16-28-40(12)30(29(26(9)42-48)35(46)53-40)24(7)31(44)22(5)21-38(10,49-15)34(25(8)33(45)39(11,41)37(47)51-28)52-36-32(54-55(17-2,18-3)19-4)27(43(13)14)20-23(6)50-36/h22-25,27-30,32,34,36,48H,16-21H2,1-15H3/b42-26+/t22-,23-,24-,25+,27+,28+,29+,30+,32-,34-,36?,38-,39+,40+/m1/s1. The number of ether oxygens (including phenoxy) is 5. The van der Waals surface area contributed by atoms with Crippen LogP contribution in [0, 0.1) is 29.6 Å². The monoisotopic (exact) mass is 800 g/mol. The van der Waals surface area contributed by atoms with Gasteiger partial charge in [-0.2, -0.15) is 0 Å². The molecule has 0 spiro atoms. The highest BCUT2D eigenvalue weighted by molar-refractivity contribution is 6.73. The first-order valence-corrected chi connectivity index (χ1v) is 22.6. The highest BCUT2D eigenvalue weighted by Gasteiger charge is 2.63. The van der Waals surface area contributed by atoms with Crippen LogP contribution >= 0.6 is 0 Å². The minimum absolute atomic E-state index is 0.0120. The van der Waals surface area contributed by atoms with Crippen molar-refractivity contribution < 1.29 is 56.9 Å². The number of Topliss-reactive ketones (excluding diaryl/α,β-unsaturated/α-hetero) is 2. The molecule has 3 fully saturated rings. The van der Waals surface area contributed by atoms with Gasteiger partial charge in [0.05, 0.1) is 23.5 Å². The van der Waals surface area contributed by atoms with Crippen molar-refractivity contribution in [3.8, 4) is 0 Å². The molecule has 15 heteroatoms. The normalized spacial score (nSPS) is 41.5. The van der Waals surface area contributed by atoms with Crippen LogP contribution in [-0.4, -0.2) is 122 Å². The van der Waals surface area contributed by atoms with Gasteiger partial charge in [-0.05, 0) is 86.1 Å². The van der Waals surface area contributed by atoms with Crippen LogP contribution in [0.25, 0.3) is 0 Å². The van der Waals surface area contributed by atoms with Crippen LogP contribution in [0.4, 0.5) is 4.39 Å². The quantitative estimate of drug-likeness (QED) is 0.0637. The fourth-order valence-corrected chi connectivity index (χ4v) is 12.4. The Hall–Kier alpha value is -2.30. The van der Waals surface area contributed by atoms with Gasteiger partial charge in [-0.15, -0.1) is 0 Å². The molecule has 3 aliphatic heterocycles. The van der Waals surface area contributed by atoms with E-state index in [0.29, 0.717) is 6.42 Å². The molecular formula is C40H69FN2O11Si. The number of hydrogen-bond acceptors (Lipinski definition) is 13. The molecule has 0 aromatic heterocycles. The summed E-state index contributed by atoms with van der Waals surface area (Å²) in [7, 11) is 3.11. The van der Waals surface area contributed by atoms with Crippen molar-refractivity contribution in [3.05, 3.63) is 0 Å². The SMILES string of the molecule is CC[C@@H]1OC(=O)[C@@](C)(F)C(=O)[C@H](C)[C@@H](OC2O[C@H](C)C[C@H](N(C)C)[C@H]2O[Si](CC)(CC)CC)[C@](C)(OC)C[C@@H](C)C(=O)[C@H](C)[C@H]2[C@H](/C(C)=N/O)C(=O)O[C@]21C. The summed E-state index contributed by atoms with van der Waals surface area (Å²) in [5, 5.41) is 13.1. The number of likely N-dealkylation sites (N-methyl/N-ethyl adjacent to an activating group) is 1. The summed E-state index contributed by atoms with van der Waals surface area (Å²) in [5.74, 6) is -8.73. The number of hydrogen-bond donors (Lipinski definition) is 1. The Morgan fingerprint density at radius 3 is 2.07 bits per heavy atom. The summed E-state index contributed by atoms with van der Waals surface area (Å²) < 4.78 is 55.5. The molecule has 1 unspecified atom stereocenters. The number of alkyl halides is 1. The maximum Gasteiger partial charge on any atom is 0.351 e. The number of halogens is 1. The van der Waals surface area contributed by atoms with Gasteiger partial charge in [-0.3, -0.25) is 14.4 Å². The molecule has 0 bridgehead atoms. The van der Waals surface area contributed by atoms with Crippen LogP contribution < -0.4 is 0 Å². The van der Waals surface area contributed by atoms with Crippen molar-refractivity contribution >= 4 is 37.5 Å². The molecule has 0 saturated carbocycles. The van der Waals surface area contributed by atoms with E-state index in [1.165, 1.54) is 27.9 Å². The van der Waals surface area contributed by atoms with Gasteiger partial charge < -0.3 is 38.2 Å². The number of cyclic esters (lactones) is 1. The van der Waals surface area contributed by atoms with Gasteiger partial charge in [0, 0.05) is 36.8 Å². The molecule has 3 aliphatic rings. The number of nitrogens with zero attached hydrogens (tertiary/aromatic N) is 2. The number of ketones is 2. The number of rotatable bonds is 11. The molecule has 0 amide bonds. The molecule has 0 radical (unpaired) electrons. The van der Waals surface area contributed by atoms with Crippen LogP contribution in [0.15, 0.2) is 5.16 Å². The summed E-state index contributed by atoms with van der Waals surface area (Å²) in [4.78, 5) is 58.5. The lowest BCUT2D eigenvalue weighted by Gasteiger charge is -2.50. The second kappa shape index (κ2) is 18.1. The minimum atomic E-state index is -3.17. The average molecular weight is 801 g/mol. The Morgan fingerprint density at radius 2 is 1.58 bits per heavy atom. The van der Waals surface area contributed by atoms with Gasteiger partial charge in [0.1, 0.15) is 23.9 Å². The third kappa shape index (κ3) is 9.06. The predicted octanol–water partition coefficient (Wildman–Crippen LogP) is 6.13. The fraction of sp³-hybridized carbons (Fsp3) is 0.875. The number of fused-ring (bicyclic) bond motifs is 1. The number of carbonyl (C=O) groups excluding carboxylic acids is 4. The highest BCUT2D eigenvalue weighted by Crippen LogP contribution is 2.49. The van der Waals surface area contributed by atoms with Gasteiger partial charge in [-0.25, -0.2) is 9.18 Å². The molecule has 0 aliphatic carbocycles. The van der Waals surface area contributed by atoms with E-state index in [-0.39, 0.29) is 36.5 Å². The Labute approximate surface area is 328 Å². The zero-order valence-electron chi connectivity index (χ0n) is 35.9. The van der Waals surface area contributed by atoms with E-state index < -0.39 is 97.1 Å².